The smallest absolute Gasteiger partial charge is 0.319 e. The van der Waals surface area contributed by atoms with Gasteiger partial charge in [0.25, 0.3) is 5.76 Å². The molecule has 0 saturated heterocycles. The maximum Gasteiger partial charge on any atom is 0.319 e. The van der Waals surface area contributed by atoms with Crippen molar-refractivity contribution < 1.29 is 13.6 Å². The van der Waals surface area contributed by atoms with Crippen molar-refractivity contribution in [1.82, 2.24) is 10.3 Å². The molecule has 0 radical (unpaired) electrons. The number of thioether (sulfide) groups is 1. The van der Waals surface area contributed by atoms with Crippen LogP contribution in [-0.4, -0.2) is 23.3 Å². The Kier molecular flexibility index (Phi) is 6.14. The summed E-state index contributed by atoms with van der Waals surface area (Å²) in [4.78, 5) is 16.3. The van der Waals surface area contributed by atoms with Crippen LogP contribution in [0.15, 0.2) is 53.6 Å². The largest absolute Gasteiger partial charge is 0.337 e. The van der Waals surface area contributed by atoms with Crippen LogP contribution in [0.25, 0.3) is 0 Å². The highest BCUT2D eigenvalue weighted by Gasteiger charge is 2.07. The standard InChI is InChI=1S/C15H15F2N3OS/c16-14(17)22-13-6-3-5-12(10-13)20-15(21)19-9-7-11-4-1-2-8-18-11/h1-6,8,10,14H,7,9H2,(H2,19,20,21). The summed E-state index contributed by atoms with van der Waals surface area (Å²) in [5.74, 6) is -2.48. The van der Waals surface area contributed by atoms with Gasteiger partial charge in [-0.05, 0) is 30.3 Å². The Morgan fingerprint density at radius 1 is 1.23 bits per heavy atom. The fourth-order valence-corrected chi connectivity index (χ4v) is 2.33. The summed E-state index contributed by atoms with van der Waals surface area (Å²) in [6.45, 7) is 0.439. The molecule has 1 aromatic carbocycles. The van der Waals surface area contributed by atoms with Crippen LogP contribution < -0.4 is 10.6 Å². The Labute approximate surface area is 131 Å². The maximum atomic E-state index is 12.3. The van der Waals surface area contributed by atoms with Crippen LogP contribution in [0.3, 0.4) is 0 Å². The first-order chi connectivity index (χ1) is 10.6. The number of hydrogen-bond acceptors (Lipinski definition) is 3. The monoisotopic (exact) mass is 323 g/mol. The number of rotatable bonds is 6. The topological polar surface area (TPSA) is 54.0 Å². The normalized spacial score (nSPS) is 10.5. The molecule has 2 N–H and O–H groups in total. The lowest BCUT2D eigenvalue weighted by atomic mass is 10.3. The molecule has 116 valence electrons. The third-order valence-electron chi connectivity index (χ3n) is 2.71. The molecule has 0 unspecified atom stereocenters. The summed E-state index contributed by atoms with van der Waals surface area (Å²) in [5, 5.41) is 5.31. The molecule has 1 heterocycles. The van der Waals surface area contributed by atoms with Crippen molar-refractivity contribution in [2.45, 2.75) is 17.1 Å². The number of hydrogen-bond donors (Lipinski definition) is 2. The molecule has 0 aliphatic carbocycles. The molecule has 2 amide bonds. The molecule has 0 saturated carbocycles. The molecule has 1 aromatic heterocycles. The molecule has 0 aliphatic heterocycles. The molecular weight excluding hydrogens is 308 g/mol. The summed E-state index contributed by atoms with van der Waals surface area (Å²) in [6.07, 6.45) is 2.32. The van der Waals surface area contributed by atoms with Crippen LogP contribution in [0.5, 0.6) is 0 Å². The van der Waals surface area contributed by atoms with Gasteiger partial charge in [-0.2, -0.15) is 8.78 Å². The maximum absolute atomic E-state index is 12.3. The molecule has 2 rings (SSSR count). The molecule has 2 aromatic rings. The Morgan fingerprint density at radius 2 is 2.09 bits per heavy atom. The van der Waals surface area contributed by atoms with Crippen molar-refractivity contribution in [3.63, 3.8) is 0 Å². The highest BCUT2D eigenvalue weighted by molar-refractivity contribution is 7.99. The Balaban J connectivity index is 1.79. The van der Waals surface area contributed by atoms with Gasteiger partial charge >= 0.3 is 6.03 Å². The van der Waals surface area contributed by atoms with Gasteiger partial charge in [-0.3, -0.25) is 4.98 Å². The van der Waals surface area contributed by atoms with Crippen molar-refractivity contribution in [1.29, 1.82) is 0 Å². The van der Waals surface area contributed by atoms with Crippen molar-refractivity contribution >= 4 is 23.5 Å². The molecule has 7 heteroatoms. The van der Waals surface area contributed by atoms with Gasteiger partial charge in [0.2, 0.25) is 0 Å². The third kappa shape index (κ3) is 5.69. The number of halogens is 2. The number of pyridine rings is 1. The van der Waals surface area contributed by atoms with Crippen LogP contribution in [0.1, 0.15) is 5.69 Å². The van der Waals surface area contributed by atoms with Gasteiger partial charge < -0.3 is 10.6 Å². The summed E-state index contributed by atoms with van der Waals surface area (Å²) >= 11 is 0.442. The first kappa shape index (κ1) is 16.2. The number of anilines is 1. The zero-order chi connectivity index (χ0) is 15.8. The van der Waals surface area contributed by atoms with E-state index in [1.54, 1.807) is 24.4 Å². The second-order valence-corrected chi connectivity index (χ2v) is 5.42. The first-order valence-corrected chi connectivity index (χ1v) is 7.51. The molecule has 0 aliphatic rings. The number of aromatic nitrogens is 1. The number of amides is 2. The van der Waals surface area contributed by atoms with Gasteiger partial charge in [0.05, 0.1) is 0 Å². The molecule has 0 fully saturated rings. The van der Waals surface area contributed by atoms with Crippen LogP contribution in [0, 0.1) is 0 Å². The minimum atomic E-state index is -2.48. The highest BCUT2D eigenvalue weighted by atomic mass is 32.2. The van der Waals surface area contributed by atoms with E-state index in [-0.39, 0.29) is 6.03 Å². The minimum Gasteiger partial charge on any atom is -0.337 e. The summed E-state index contributed by atoms with van der Waals surface area (Å²) < 4.78 is 24.6. The molecule has 0 spiro atoms. The Hall–Kier alpha value is -2.15. The lowest BCUT2D eigenvalue weighted by molar-refractivity contribution is 0.251. The fourth-order valence-electron chi connectivity index (χ4n) is 1.78. The van der Waals surface area contributed by atoms with Crippen LogP contribution >= 0.6 is 11.8 Å². The minimum absolute atomic E-state index is 0.380. The number of nitrogens with one attached hydrogen (secondary N) is 2. The van der Waals surface area contributed by atoms with Crippen LogP contribution in [-0.2, 0) is 6.42 Å². The van der Waals surface area contributed by atoms with Crippen molar-refractivity contribution in [2.24, 2.45) is 0 Å². The number of benzene rings is 1. The second-order valence-electron chi connectivity index (χ2n) is 4.36. The molecule has 0 bridgehead atoms. The number of urea groups is 1. The fraction of sp³-hybridized carbons (Fsp3) is 0.200. The van der Waals surface area contributed by atoms with Crippen molar-refractivity contribution in [3.05, 3.63) is 54.4 Å². The van der Waals surface area contributed by atoms with Gasteiger partial charge in [-0.25, -0.2) is 4.79 Å². The number of carbonyl (C=O) groups is 1. The van der Waals surface area contributed by atoms with Gasteiger partial charge in [-0.1, -0.05) is 23.9 Å². The number of alkyl halides is 2. The average molecular weight is 323 g/mol. The Morgan fingerprint density at radius 3 is 2.82 bits per heavy atom. The van der Waals surface area contributed by atoms with E-state index in [0.717, 1.165) is 5.69 Å². The molecule has 4 nitrogen and oxygen atoms in total. The van der Waals surface area contributed by atoms with E-state index in [1.807, 2.05) is 18.2 Å². The van der Waals surface area contributed by atoms with E-state index in [0.29, 0.717) is 35.3 Å². The lowest BCUT2D eigenvalue weighted by Gasteiger charge is -2.08. The van der Waals surface area contributed by atoms with Gasteiger partial charge in [0, 0.05) is 35.4 Å². The van der Waals surface area contributed by atoms with Crippen LogP contribution in [0.4, 0.5) is 19.3 Å². The highest BCUT2D eigenvalue weighted by Crippen LogP contribution is 2.27. The van der Waals surface area contributed by atoms with Gasteiger partial charge in [0.1, 0.15) is 0 Å². The summed E-state index contributed by atoms with van der Waals surface area (Å²) in [5.41, 5.74) is 1.36. The zero-order valence-corrected chi connectivity index (χ0v) is 12.4. The molecule has 0 atom stereocenters. The van der Waals surface area contributed by atoms with E-state index in [4.69, 9.17) is 0 Å². The van der Waals surface area contributed by atoms with E-state index in [9.17, 15) is 13.6 Å². The predicted molar refractivity (Wildman–Crippen MR) is 83.3 cm³/mol. The van der Waals surface area contributed by atoms with Gasteiger partial charge in [-0.15, -0.1) is 0 Å². The quantitative estimate of drug-likeness (QED) is 0.796. The van der Waals surface area contributed by atoms with Crippen LogP contribution in [0.2, 0.25) is 0 Å². The first-order valence-electron chi connectivity index (χ1n) is 6.63. The zero-order valence-electron chi connectivity index (χ0n) is 11.6. The Bertz CT molecular complexity index is 611. The third-order valence-corrected chi connectivity index (χ3v) is 3.41. The second kappa shape index (κ2) is 8.33. The van der Waals surface area contributed by atoms with E-state index in [1.165, 1.54) is 6.07 Å². The van der Waals surface area contributed by atoms with E-state index >= 15 is 0 Å². The predicted octanol–water partition coefficient (Wildman–Crippen LogP) is 3.76. The number of carbonyl (C=O) groups excluding carboxylic acids is 1. The van der Waals surface area contributed by atoms with Crippen molar-refractivity contribution in [3.8, 4) is 0 Å². The van der Waals surface area contributed by atoms with E-state index in [2.05, 4.69) is 15.6 Å². The SMILES string of the molecule is O=C(NCCc1ccccn1)Nc1cccc(SC(F)F)c1. The van der Waals surface area contributed by atoms with Gasteiger partial charge in [0.15, 0.2) is 0 Å². The lowest BCUT2D eigenvalue weighted by Crippen LogP contribution is -2.30. The molecular formula is C15H15F2N3OS. The van der Waals surface area contributed by atoms with E-state index < -0.39 is 5.76 Å². The molecule has 22 heavy (non-hydrogen) atoms. The number of nitrogens with zero attached hydrogens (tertiary/aromatic N) is 1. The summed E-state index contributed by atoms with van der Waals surface area (Å²) in [7, 11) is 0. The average Bonchev–Trinajstić information content (AvgIpc) is 2.48. The van der Waals surface area contributed by atoms with Crippen molar-refractivity contribution in [2.75, 3.05) is 11.9 Å². The summed E-state index contributed by atoms with van der Waals surface area (Å²) in [6, 6.07) is 11.6.